The third kappa shape index (κ3) is 3.87. The van der Waals surface area contributed by atoms with Gasteiger partial charge in [-0.25, -0.2) is 4.79 Å². The lowest BCUT2D eigenvalue weighted by Gasteiger charge is -2.28. The van der Waals surface area contributed by atoms with Crippen molar-refractivity contribution in [2.75, 3.05) is 6.54 Å². The average Bonchev–Trinajstić information content (AvgIpc) is 2.59. The van der Waals surface area contributed by atoms with Gasteiger partial charge in [0.05, 0.1) is 6.04 Å². The lowest BCUT2D eigenvalue weighted by molar-refractivity contribution is 0.0235. The van der Waals surface area contributed by atoms with Crippen molar-refractivity contribution in [3.8, 4) is 0 Å². The largest absolute Gasteiger partial charge is 0.444 e. The van der Waals surface area contributed by atoms with E-state index < -0.39 is 5.60 Å². The van der Waals surface area contributed by atoms with E-state index in [1.54, 1.807) is 4.90 Å². The van der Waals surface area contributed by atoms with Gasteiger partial charge in [-0.3, -0.25) is 4.90 Å². The molecule has 1 amide bonds. The van der Waals surface area contributed by atoms with Crippen LogP contribution in [0.3, 0.4) is 0 Å². The molecule has 1 unspecified atom stereocenters. The summed E-state index contributed by atoms with van der Waals surface area (Å²) in [5.41, 5.74) is -0.408. The number of carbonyl (C=O) groups is 1. The molecule has 3 heteroatoms. The van der Waals surface area contributed by atoms with Crippen molar-refractivity contribution >= 4 is 6.09 Å². The van der Waals surface area contributed by atoms with Crippen molar-refractivity contribution < 1.29 is 9.53 Å². The highest BCUT2D eigenvalue weighted by molar-refractivity contribution is 5.69. The number of nitrogens with zero attached hydrogens (tertiary/aromatic N) is 1. The van der Waals surface area contributed by atoms with Crippen molar-refractivity contribution in [1.29, 1.82) is 0 Å². The molecule has 0 radical (unpaired) electrons. The number of carbonyl (C=O) groups excluding carboxylic acids is 1. The summed E-state index contributed by atoms with van der Waals surface area (Å²) in [6.45, 7) is 8.54. The minimum absolute atomic E-state index is 0.196. The van der Waals surface area contributed by atoms with Crippen LogP contribution in [0.1, 0.15) is 47.0 Å². The van der Waals surface area contributed by atoms with Gasteiger partial charge in [0, 0.05) is 6.54 Å². The lowest BCUT2D eigenvalue weighted by atomic mass is 10.1. The molecule has 0 fully saturated rings. The Kier molecular flexibility index (Phi) is 4.39. The first-order valence-corrected chi connectivity index (χ1v) is 6.10. The zero-order valence-corrected chi connectivity index (χ0v) is 10.8. The summed E-state index contributed by atoms with van der Waals surface area (Å²) in [4.78, 5) is 13.7. The molecule has 1 atom stereocenters. The molecule has 0 aromatic carbocycles. The molecule has 1 aliphatic rings. The number of ether oxygens (including phenoxy) is 1. The molecule has 1 aliphatic heterocycles. The number of unbranched alkanes of at least 4 members (excludes halogenated alkanes) is 1. The van der Waals surface area contributed by atoms with Crippen LogP contribution in [0.5, 0.6) is 0 Å². The van der Waals surface area contributed by atoms with Crippen molar-refractivity contribution in [2.45, 2.75) is 58.6 Å². The highest BCUT2D eigenvalue weighted by Gasteiger charge is 2.28. The standard InChI is InChI=1S/C13H23NO2/c1-5-6-8-11-9-7-10-14(11)12(15)16-13(2,3)4/h7,9,11H,5-6,8,10H2,1-4H3. The minimum Gasteiger partial charge on any atom is -0.444 e. The third-order valence-corrected chi connectivity index (χ3v) is 2.54. The van der Waals surface area contributed by atoms with E-state index in [0.29, 0.717) is 6.54 Å². The van der Waals surface area contributed by atoms with Gasteiger partial charge in [0.15, 0.2) is 0 Å². The Hall–Kier alpha value is -0.990. The predicted molar refractivity (Wildman–Crippen MR) is 65.4 cm³/mol. The van der Waals surface area contributed by atoms with Crippen LogP contribution in [0.2, 0.25) is 0 Å². The maximum absolute atomic E-state index is 11.9. The van der Waals surface area contributed by atoms with Gasteiger partial charge in [-0.15, -0.1) is 0 Å². The maximum atomic E-state index is 11.9. The summed E-state index contributed by atoms with van der Waals surface area (Å²) in [6, 6.07) is 0.231. The fourth-order valence-corrected chi connectivity index (χ4v) is 1.77. The smallest absolute Gasteiger partial charge is 0.411 e. The van der Waals surface area contributed by atoms with E-state index in [4.69, 9.17) is 4.74 Å². The number of amides is 1. The van der Waals surface area contributed by atoms with E-state index in [0.717, 1.165) is 19.3 Å². The molecular weight excluding hydrogens is 202 g/mol. The highest BCUT2D eigenvalue weighted by Crippen LogP contribution is 2.19. The Bertz CT molecular complexity index is 266. The predicted octanol–water partition coefficient (Wildman–Crippen LogP) is 3.35. The molecule has 16 heavy (non-hydrogen) atoms. The van der Waals surface area contributed by atoms with Crippen LogP contribution in [0.4, 0.5) is 4.79 Å². The molecule has 0 bridgehead atoms. The Morgan fingerprint density at radius 3 is 2.75 bits per heavy atom. The first-order chi connectivity index (χ1) is 7.44. The van der Waals surface area contributed by atoms with Crippen molar-refractivity contribution in [3.05, 3.63) is 12.2 Å². The van der Waals surface area contributed by atoms with Crippen LogP contribution in [0.25, 0.3) is 0 Å². The van der Waals surface area contributed by atoms with Crippen molar-refractivity contribution in [3.63, 3.8) is 0 Å². The maximum Gasteiger partial charge on any atom is 0.411 e. The van der Waals surface area contributed by atoms with E-state index in [2.05, 4.69) is 13.0 Å². The average molecular weight is 225 g/mol. The summed E-state index contributed by atoms with van der Waals surface area (Å²) in [6.07, 6.45) is 7.30. The second kappa shape index (κ2) is 5.37. The Morgan fingerprint density at radius 2 is 2.19 bits per heavy atom. The minimum atomic E-state index is -0.408. The number of rotatable bonds is 3. The van der Waals surface area contributed by atoms with Gasteiger partial charge in [0.25, 0.3) is 0 Å². The van der Waals surface area contributed by atoms with Crippen LogP contribution in [0, 0.1) is 0 Å². The molecule has 92 valence electrons. The summed E-state index contributed by atoms with van der Waals surface area (Å²) < 4.78 is 5.38. The molecule has 0 aromatic heterocycles. The third-order valence-electron chi connectivity index (χ3n) is 2.54. The van der Waals surface area contributed by atoms with Gasteiger partial charge in [-0.05, 0) is 27.2 Å². The van der Waals surface area contributed by atoms with Crippen LogP contribution in [-0.2, 0) is 4.74 Å². The van der Waals surface area contributed by atoms with Crippen LogP contribution >= 0.6 is 0 Å². The highest BCUT2D eigenvalue weighted by atomic mass is 16.6. The topological polar surface area (TPSA) is 29.5 Å². The van der Waals surface area contributed by atoms with Gasteiger partial charge in [0.2, 0.25) is 0 Å². The first kappa shape index (κ1) is 13.1. The molecule has 0 N–H and O–H groups in total. The van der Waals surface area contributed by atoms with Gasteiger partial charge in [0.1, 0.15) is 5.60 Å². The van der Waals surface area contributed by atoms with Crippen LogP contribution in [-0.4, -0.2) is 29.2 Å². The van der Waals surface area contributed by atoms with Crippen molar-refractivity contribution in [1.82, 2.24) is 4.90 Å². The van der Waals surface area contributed by atoms with Gasteiger partial charge in [-0.1, -0.05) is 31.9 Å². The second-order valence-electron chi connectivity index (χ2n) is 5.27. The lowest BCUT2D eigenvalue weighted by Crippen LogP contribution is -2.40. The van der Waals surface area contributed by atoms with Crippen LogP contribution in [0.15, 0.2) is 12.2 Å². The molecule has 0 saturated heterocycles. The molecule has 3 nitrogen and oxygen atoms in total. The molecule has 0 aliphatic carbocycles. The van der Waals surface area contributed by atoms with Gasteiger partial charge < -0.3 is 4.74 Å². The Balaban J connectivity index is 2.49. The zero-order valence-electron chi connectivity index (χ0n) is 10.8. The van der Waals surface area contributed by atoms with Gasteiger partial charge in [-0.2, -0.15) is 0 Å². The van der Waals surface area contributed by atoms with E-state index >= 15 is 0 Å². The summed E-state index contributed by atoms with van der Waals surface area (Å²) in [5.74, 6) is 0. The Morgan fingerprint density at radius 1 is 1.50 bits per heavy atom. The van der Waals surface area contributed by atoms with E-state index in [-0.39, 0.29) is 12.1 Å². The fraction of sp³-hybridized carbons (Fsp3) is 0.769. The number of hydrogen-bond donors (Lipinski definition) is 0. The van der Waals surface area contributed by atoms with Crippen LogP contribution < -0.4 is 0 Å². The molecule has 1 rings (SSSR count). The van der Waals surface area contributed by atoms with E-state index in [1.807, 2.05) is 26.8 Å². The normalized spacial score (nSPS) is 20.2. The van der Waals surface area contributed by atoms with Crippen molar-refractivity contribution in [2.24, 2.45) is 0 Å². The monoisotopic (exact) mass is 225 g/mol. The second-order valence-corrected chi connectivity index (χ2v) is 5.27. The van der Waals surface area contributed by atoms with Gasteiger partial charge >= 0.3 is 6.09 Å². The quantitative estimate of drug-likeness (QED) is 0.689. The molecule has 0 aromatic rings. The summed E-state index contributed by atoms with van der Waals surface area (Å²) in [5, 5.41) is 0. The Labute approximate surface area is 98.5 Å². The molecule has 0 spiro atoms. The molecule has 1 heterocycles. The summed E-state index contributed by atoms with van der Waals surface area (Å²) >= 11 is 0. The fourth-order valence-electron chi connectivity index (χ4n) is 1.77. The van der Waals surface area contributed by atoms with E-state index in [9.17, 15) is 4.79 Å². The molecular formula is C13H23NO2. The number of hydrogen-bond acceptors (Lipinski definition) is 2. The SMILES string of the molecule is CCCCC1C=CCN1C(=O)OC(C)(C)C. The summed E-state index contributed by atoms with van der Waals surface area (Å²) in [7, 11) is 0. The zero-order chi connectivity index (χ0) is 12.2. The first-order valence-electron chi connectivity index (χ1n) is 6.10. The molecule has 0 saturated carbocycles. The van der Waals surface area contributed by atoms with E-state index in [1.165, 1.54) is 0 Å².